The summed E-state index contributed by atoms with van der Waals surface area (Å²) < 4.78 is 0. The Morgan fingerprint density at radius 2 is 2.18 bits per heavy atom. The second-order valence-electron chi connectivity index (χ2n) is 8.26. The van der Waals surface area contributed by atoms with Gasteiger partial charge in [0.2, 0.25) is 0 Å². The van der Waals surface area contributed by atoms with Crippen molar-refractivity contribution in [1.82, 2.24) is 0 Å². The fourth-order valence-electron chi connectivity index (χ4n) is 6.08. The summed E-state index contributed by atoms with van der Waals surface area (Å²) in [5.74, 6) is 3.00. The second kappa shape index (κ2) is 5.06. The molecule has 22 heavy (non-hydrogen) atoms. The van der Waals surface area contributed by atoms with Gasteiger partial charge in [0, 0.05) is 11.8 Å². The summed E-state index contributed by atoms with van der Waals surface area (Å²) in [6, 6.07) is 0. The highest BCUT2D eigenvalue weighted by molar-refractivity contribution is 5.91. The first-order chi connectivity index (χ1) is 10.5. The van der Waals surface area contributed by atoms with Gasteiger partial charge in [0.1, 0.15) is 0 Å². The zero-order valence-corrected chi connectivity index (χ0v) is 13.8. The summed E-state index contributed by atoms with van der Waals surface area (Å²) in [5, 5.41) is 10.5. The molecule has 0 bridgehead atoms. The van der Waals surface area contributed by atoms with E-state index in [-0.39, 0.29) is 11.5 Å². The van der Waals surface area contributed by atoms with E-state index >= 15 is 0 Å². The van der Waals surface area contributed by atoms with E-state index in [9.17, 15) is 9.90 Å². The van der Waals surface area contributed by atoms with E-state index in [0.29, 0.717) is 29.5 Å². The van der Waals surface area contributed by atoms with Crippen LogP contribution in [0.3, 0.4) is 0 Å². The molecule has 2 heteroatoms. The number of aliphatic hydroxyl groups is 1. The number of fused-ring (bicyclic) bond motifs is 5. The maximum absolute atomic E-state index is 11.8. The van der Waals surface area contributed by atoms with Crippen LogP contribution in [0.4, 0.5) is 0 Å². The van der Waals surface area contributed by atoms with Crippen molar-refractivity contribution in [3.63, 3.8) is 0 Å². The highest BCUT2D eigenvalue weighted by Crippen LogP contribution is 2.61. The standard InChI is InChI=1S/C20H28O2/c1-3-12-10-13-11-14(21)4-5-15(13)16-8-9-20(2)17(19(12)16)6-7-18(20)22/h6,11-12,15-16,18-19,22H,3-5,7-10H2,1-2H3/t12?,15-,16+,18?,19+,20-/m0/s1. The Morgan fingerprint density at radius 1 is 1.36 bits per heavy atom. The van der Waals surface area contributed by atoms with Crippen LogP contribution < -0.4 is 0 Å². The minimum atomic E-state index is -0.175. The highest BCUT2D eigenvalue weighted by atomic mass is 16.3. The number of ketones is 1. The lowest BCUT2D eigenvalue weighted by Crippen LogP contribution is -2.47. The van der Waals surface area contributed by atoms with Gasteiger partial charge < -0.3 is 5.11 Å². The Kier molecular flexibility index (Phi) is 3.38. The van der Waals surface area contributed by atoms with Crippen LogP contribution in [-0.2, 0) is 4.79 Å². The maximum atomic E-state index is 11.8. The lowest BCUT2D eigenvalue weighted by Gasteiger charge is -2.54. The van der Waals surface area contributed by atoms with Crippen LogP contribution in [0.15, 0.2) is 23.3 Å². The first-order valence-electron chi connectivity index (χ1n) is 9.16. The molecule has 0 aromatic heterocycles. The van der Waals surface area contributed by atoms with Gasteiger partial charge in [-0.1, -0.05) is 37.5 Å². The number of carbonyl (C=O) groups excluding carboxylic acids is 1. The normalized spacial score (nSPS) is 47.2. The second-order valence-corrected chi connectivity index (χ2v) is 8.26. The molecule has 0 amide bonds. The molecule has 0 saturated heterocycles. The SMILES string of the molecule is CCC1CC2=CC(=O)CC[C@@H]2[C@H]2CC[C@@]3(C)C(=CCC3O)[C@H]12. The number of hydrogen-bond donors (Lipinski definition) is 1. The zero-order chi connectivity index (χ0) is 15.5. The summed E-state index contributed by atoms with van der Waals surface area (Å²) in [6.07, 6.45) is 11.5. The number of aliphatic hydroxyl groups excluding tert-OH is 1. The lowest BCUT2D eigenvalue weighted by atomic mass is 9.51. The minimum absolute atomic E-state index is 0.0281. The van der Waals surface area contributed by atoms with Gasteiger partial charge in [-0.05, 0) is 61.9 Å². The average molecular weight is 300 g/mol. The summed E-state index contributed by atoms with van der Waals surface area (Å²) in [4.78, 5) is 11.8. The quantitative estimate of drug-likeness (QED) is 0.742. The minimum Gasteiger partial charge on any atom is -0.392 e. The van der Waals surface area contributed by atoms with E-state index in [2.05, 4.69) is 19.9 Å². The number of allylic oxidation sites excluding steroid dienone is 2. The third kappa shape index (κ3) is 1.92. The highest BCUT2D eigenvalue weighted by Gasteiger charge is 2.54. The van der Waals surface area contributed by atoms with Gasteiger partial charge in [-0.3, -0.25) is 4.79 Å². The molecular weight excluding hydrogens is 272 g/mol. The lowest BCUT2D eigenvalue weighted by molar-refractivity contribution is -0.115. The maximum Gasteiger partial charge on any atom is 0.155 e. The summed E-state index contributed by atoms with van der Waals surface area (Å²) in [7, 11) is 0. The largest absolute Gasteiger partial charge is 0.392 e. The van der Waals surface area contributed by atoms with Crippen molar-refractivity contribution in [3.8, 4) is 0 Å². The zero-order valence-electron chi connectivity index (χ0n) is 13.8. The van der Waals surface area contributed by atoms with Crippen LogP contribution in [0.25, 0.3) is 0 Å². The van der Waals surface area contributed by atoms with E-state index in [0.717, 1.165) is 32.1 Å². The molecule has 0 aliphatic heterocycles. The Labute approximate surface area is 133 Å². The first kappa shape index (κ1) is 14.7. The van der Waals surface area contributed by atoms with E-state index in [4.69, 9.17) is 0 Å². The van der Waals surface area contributed by atoms with Crippen molar-refractivity contribution in [3.05, 3.63) is 23.3 Å². The summed E-state index contributed by atoms with van der Waals surface area (Å²) >= 11 is 0. The molecule has 2 unspecified atom stereocenters. The predicted octanol–water partition coefficient (Wildman–Crippen LogP) is 4.05. The van der Waals surface area contributed by atoms with Crippen molar-refractivity contribution in [2.45, 2.75) is 64.9 Å². The van der Waals surface area contributed by atoms with Crippen LogP contribution >= 0.6 is 0 Å². The van der Waals surface area contributed by atoms with Crippen LogP contribution in [0.2, 0.25) is 0 Å². The molecule has 2 nitrogen and oxygen atoms in total. The molecule has 2 fully saturated rings. The van der Waals surface area contributed by atoms with Gasteiger partial charge in [0.15, 0.2) is 5.78 Å². The van der Waals surface area contributed by atoms with Crippen molar-refractivity contribution >= 4 is 5.78 Å². The van der Waals surface area contributed by atoms with Gasteiger partial charge >= 0.3 is 0 Å². The molecular formula is C20H28O2. The molecule has 4 rings (SSSR count). The predicted molar refractivity (Wildman–Crippen MR) is 87.2 cm³/mol. The van der Waals surface area contributed by atoms with Crippen LogP contribution in [-0.4, -0.2) is 17.0 Å². The van der Waals surface area contributed by atoms with Crippen molar-refractivity contribution in [2.75, 3.05) is 0 Å². The molecule has 0 aromatic carbocycles. The van der Waals surface area contributed by atoms with E-state index < -0.39 is 0 Å². The van der Waals surface area contributed by atoms with Gasteiger partial charge in [-0.25, -0.2) is 0 Å². The third-order valence-electron chi connectivity index (χ3n) is 7.34. The molecule has 4 aliphatic rings. The summed E-state index contributed by atoms with van der Waals surface area (Å²) in [6.45, 7) is 4.58. The van der Waals surface area contributed by atoms with Gasteiger partial charge in [0.25, 0.3) is 0 Å². The van der Waals surface area contributed by atoms with E-state index in [1.807, 2.05) is 6.08 Å². The van der Waals surface area contributed by atoms with Gasteiger partial charge in [-0.15, -0.1) is 0 Å². The van der Waals surface area contributed by atoms with Crippen molar-refractivity contribution in [1.29, 1.82) is 0 Å². The molecule has 0 aromatic rings. The van der Waals surface area contributed by atoms with E-state index in [1.54, 1.807) is 5.57 Å². The monoisotopic (exact) mass is 300 g/mol. The van der Waals surface area contributed by atoms with Gasteiger partial charge in [-0.2, -0.15) is 0 Å². The third-order valence-corrected chi connectivity index (χ3v) is 7.34. The molecule has 0 radical (unpaired) electrons. The number of carbonyl (C=O) groups is 1. The molecule has 0 spiro atoms. The smallest absolute Gasteiger partial charge is 0.155 e. The Bertz CT molecular complexity index is 558. The Balaban J connectivity index is 1.73. The van der Waals surface area contributed by atoms with Gasteiger partial charge in [0.05, 0.1) is 6.10 Å². The van der Waals surface area contributed by atoms with Crippen LogP contribution in [0.1, 0.15) is 58.8 Å². The molecule has 2 saturated carbocycles. The fourth-order valence-corrected chi connectivity index (χ4v) is 6.08. The molecule has 0 heterocycles. The van der Waals surface area contributed by atoms with Crippen molar-refractivity contribution < 1.29 is 9.90 Å². The molecule has 4 aliphatic carbocycles. The Hall–Kier alpha value is -0.890. The average Bonchev–Trinajstić information content (AvgIpc) is 2.81. The van der Waals surface area contributed by atoms with E-state index in [1.165, 1.54) is 18.4 Å². The van der Waals surface area contributed by atoms with Crippen LogP contribution in [0, 0.1) is 29.1 Å². The number of rotatable bonds is 1. The summed E-state index contributed by atoms with van der Waals surface area (Å²) in [5.41, 5.74) is 3.05. The fraction of sp³-hybridized carbons (Fsp3) is 0.750. The Morgan fingerprint density at radius 3 is 2.95 bits per heavy atom. The molecule has 6 atom stereocenters. The van der Waals surface area contributed by atoms with Crippen molar-refractivity contribution in [2.24, 2.45) is 29.1 Å². The number of hydrogen-bond acceptors (Lipinski definition) is 2. The topological polar surface area (TPSA) is 37.3 Å². The van der Waals surface area contributed by atoms with Crippen LogP contribution in [0.5, 0.6) is 0 Å². The molecule has 1 N–H and O–H groups in total. The molecule has 120 valence electrons. The first-order valence-corrected chi connectivity index (χ1v) is 9.16.